The molecule has 0 spiro atoms. The normalized spacial score (nSPS) is 22.1. The number of aryl methyl sites for hydroxylation is 1. The van der Waals surface area contributed by atoms with Crippen molar-refractivity contribution in [2.75, 3.05) is 19.3 Å². The van der Waals surface area contributed by atoms with Crippen molar-refractivity contribution >= 4 is 29.4 Å². The lowest BCUT2D eigenvalue weighted by molar-refractivity contribution is -0.135. The summed E-state index contributed by atoms with van der Waals surface area (Å²) in [7, 11) is 0. The van der Waals surface area contributed by atoms with Crippen LogP contribution in [0.5, 0.6) is 0 Å². The third kappa shape index (κ3) is 6.97. The summed E-state index contributed by atoms with van der Waals surface area (Å²) in [5.41, 5.74) is 1.99. The molecule has 6 heteroatoms. The molecule has 2 fully saturated rings. The van der Waals surface area contributed by atoms with Gasteiger partial charge >= 0.3 is 0 Å². The molecule has 186 valence electrons. The van der Waals surface area contributed by atoms with Crippen molar-refractivity contribution in [1.29, 1.82) is 0 Å². The van der Waals surface area contributed by atoms with Gasteiger partial charge in [0.25, 0.3) is 0 Å². The summed E-state index contributed by atoms with van der Waals surface area (Å²) in [6, 6.07) is 18.6. The number of rotatable bonds is 10. The maximum Gasteiger partial charge on any atom is 0.222 e. The van der Waals surface area contributed by atoms with Crippen LogP contribution in [0.4, 0.5) is 0 Å². The van der Waals surface area contributed by atoms with E-state index in [4.69, 9.17) is 0 Å². The molecule has 0 aliphatic carbocycles. The molecule has 2 heterocycles. The third-order valence-electron chi connectivity index (χ3n) is 7.49. The van der Waals surface area contributed by atoms with Crippen molar-refractivity contribution in [3.63, 3.8) is 0 Å². The van der Waals surface area contributed by atoms with Crippen molar-refractivity contribution in [2.24, 2.45) is 5.92 Å². The molecule has 0 bridgehead atoms. The molecule has 2 aliphatic rings. The summed E-state index contributed by atoms with van der Waals surface area (Å²) in [6.07, 6.45) is 8.11. The molecule has 0 aromatic heterocycles. The van der Waals surface area contributed by atoms with E-state index in [1.54, 1.807) is 11.8 Å². The first-order valence-electron chi connectivity index (χ1n) is 12.7. The third-order valence-corrected chi connectivity index (χ3v) is 8.23. The predicted molar refractivity (Wildman–Crippen MR) is 140 cm³/mol. The molecule has 2 amide bonds. The predicted octanol–water partition coefficient (Wildman–Crippen LogP) is 4.82. The molecule has 2 aromatic rings. The smallest absolute Gasteiger partial charge is 0.222 e. The molecule has 2 aromatic carbocycles. The molecule has 2 saturated heterocycles. The lowest BCUT2D eigenvalue weighted by Crippen LogP contribution is -2.46. The van der Waals surface area contributed by atoms with Crippen LogP contribution in [-0.4, -0.2) is 47.4 Å². The van der Waals surface area contributed by atoms with Crippen molar-refractivity contribution in [3.8, 4) is 0 Å². The second-order valence-corrected chi connectivity index (χ2v) is 10.9. The zero-order valence-corrected chi connectivity index (χ0v) is 21.4. The quantitative estimate of drug-likeness (QED) is 0.483. The highest BCUT2D eigenvalue weighted by Crippen LogP contribution is 2.31. The molecule has 2 atom stereocenters. The minimum atomic E-state index is -0.367. The van der Waals surface area contributed by atoms with Crippen molar-refractivity contribution in [3.05, 3.63) is 65.7 Å². The summed E-state index contributed by atoms with van der Waals surface area (Å²) in [6.45, 7) is 1.25. The standard InChI is InChI=1S/C29H36N2O3S/c1-35-25-12-9-23(10-13-25)20-29(17-15-27(33)30-29)18-16-28(34)31-19-5-8-24(21-31)26(32)14-11-22-6-3-2-4-7-22/h2-4,6-7,9-10,12-13,24H,5,8,11,14-21H2,1H3,(H,30,33)/t24-,29-/m0/s1. The van der Waals surface area contributed by atoms with Gasteiger partial charge in [-0.2, -0.15) is 0 Å². The van der Waals surface area contributed by atoms with Crippen molar-refractivity contribution in [1.82, 2.24) is 10.2 Å². The summed E-state index contributed by atoms with van der Waals surface area (Å²) in [4.78, 5) is 41.2. The fraction of sp³-hybridized carbons (Fsp3) is 0.483. The number of Topliss-reactive ketones (excluding diaryl/α,β-unsaturated/α-hetero) is 1. The van der Waals surface area contributed by atoms with Gasteiger partial charge in [-0.25, -0.2) is 0 Å². The van der Waals surface area contributed by atoms with E-state index in [9.17, 15) is 14.4 Å². The first-order chi connectivity index (χ1) is 17.0. The van der Waals surface area contributed by atoms with Gasteiger partial charge in [-0.15, -0.1) is 11.8 Å². The van der Waals surface area contributed by atoms with E-state index in [0.717, 1.165) is 38.6 Å². The molecule has 35 heavy (non-hydrogen) atoms. The van der Waals surface area contributed by atoms with Gasteiger partial charge in [0, 0.05) is 48.7 Å². The van der Waals surface area contributed by atoms with E-state index in [0.29, 0.717) is 32.2 Å². The lowest BCUT2D eigenvalue weighted by Gasteiger charge is -2.34. The molecular formula is C29H36N2O3S. The monoisotopic (exact) mass is 492 g/mol. The van der Waals surface area contributed by atoms with Gasteiger partial charge in [0.05, 0.1) is 0 Å². The van der Waals surface area contributed by atoms with Crippen LogP contribution < -0.4 is 5.32 Å². The highest BCUT2D eigenvalue weighted by atomic mass is 32.2. The number of nitrogens with one attached hydrogen (secondary N) is 1. The Morgan fingerprint density at radius 1 is 1.06 bits per heavy atom. The number of carbonyl (C=O) groups excluding carboxylic acids is 3. The number of benzene rings is 2. The Balaban J connectivity index is 1.31. The van der Waals surface area contributed by atoms with E-state index in [2.05, 4.69) is 48.0 Å². The summed E-state index contributed by atoms with van der Waals surface area (Å²) in [5.74, 6) is 0.370. The Morgan fingerprint density at radius 3 is 2.51 bits per heavy atom. The zero-order chi connectivity index (χ0) is 24.7. The number of hydrogen-bond donors (Lipinski definition) is 1. The maximum atomic E-state index is 13.2. The van der Waals surface area contributed by atoms with Gasteiger partial charge in [-0.1, -0.05) is 42.5 Å². The molecule has 4 rings (SSSR count). The fourth-order valence-electron chi connectivity index (χ4n) is 5.40. The number of ketones is 1. The summed E-state index contributed by atoms with van der Waals surface area (Å²) >= 11 is 1.71. The van der Waals surface area contributed by atoms with E-state index in [1.807, 2.05) is 23.1 Å². The Bertz CT molecular complexity index is 1020. The van der Waals surface area contributed by atoms with Crippen LogP contribution in [0.15, 0.2) is 59.5 Å². The van der Waals surface area contributed by atoms with Gasteiger partial charge < -0.3 is 10.2 Å². The number of carbonyl (C=O) groups is 3. The molecule has 2 aliphatic heterocycles. The molecule has 1 N–H and O–H groups in total. The zero-order valence-electron chi connectivity index (χ0n) is 20.6. The number of piperidine rings is 1. The Labute approximate surface area is 213 Å². The Kier molecular flexibility index (Phi) is 8.66. The average Bonchev–Trinajstić information content (AvgIpc) is 3.27. The van der Waals surface area contributed by atoms with Gasteiger partial charge in [-0.05, 0) is 68.0 Å². The highest BCUT2D eigenvalue weighted by molar-refractivity contribution is 7.98. The van der Waals surface area contributed by atoms with Gasteiger partial charge in [0.1, 0.15) is 5.78 Å². The lowest BCUT2D eigenvalue weighted by atomic mass is 9.84. The van der Waals surface area contributed by atoms with Gasteiger partial charge in [0.2, 0.25) is 11.8 Å². The number of amides is 2. The van der Waals surface area contributed by atoms with Crippen molar-refractivity contribution in [2.45, 2.75) is 68.2 Å². The average molecular weight is 493 g/mol. The van der Waals surface area contributed by atoms with Crippen LogP contribution >= 0.6 is 11.8 Å². The second-order valence-electron chi connectivity index (χ2n) is 9.98. The van der Waals surface area contributed by atoms with E-state index < -0.39 is 0 Å². The Morgan fingerprint density at radius 2 is 1.83 bits per heavy atom. The van der Waals surface area contributed by atoms with Gasteiger partial charge in [0.15, 0.2) is 0 Å². The first-order valence-corrected chi connectivity index (χ1v) is 14.0. The Hall–Kier alpha value is -2.60. The van der Waals surface area contributed by atoms with Crippen LogP contribution in [0.3, 0.4) is 0 Å². The minimum absolute atomic E-state index is 0.0634. The van der Waals surface area contributed by atoms with Crippen LogP contribution in [0.25, 0.3) is 0 Å². The SMILES string of the molecule is CSc1ccc(C[C@@]2(CCC(=O)N3CCC[C@H](C(=O)CCc4ccccc4)C3)CCC(=O)N2)cc1. The van der Waals surface area contributed by atoms with E-state index >= 15 is 0 Å². The first kappa shape index (κ1) is 25.5. The van der Waals surface area contributed by atoms with Crippen LogP contribution in [0, 0.1) is 5.92 Å². The highest BCUT2D eigenvalue weighted by Gasteiger charge is 2.38. The largest absolute Gasteiger partial charge is 0.350 e. The number of thioether (sulfide) groups is 1. The number of nitrogens with zero attached hydrogens (tertiary/aromatic N) is 1. The van der Waals surface area contributed by atoms with Crippen LogP contribution in [0.1, 0.15) is 56.1 Å². The van der Waals surface area contributed by atoms with Gasteiger partial charge in [-0.3, -0.25) is 14.4 Å². The topological polar surface area (TPSA) is 66.5 Å². The minimum Gasteiger partial charge on any atom is -0.350 e. The molecule has 0 saturated carbocycles. The second kappa shape index (κ2) is 11.9. The maximum absolute atomic E-state index is 13.2. The number of hydrogen-bond acceptors (Lipinski definition) is 4. The summed E-state index contributed by atoms with van der Waals surface area (Å²) < 4.78 is 0. The van der Waals surface area contributed by atoms with Crippen LogP contribution in [-0.2, 0) is 27.2 Å². The molecule has 5 nitrogen and oxygen atoms in total. The molecular weight excluding hydrogens is 456 g/mol. The molecule has 0 radical (unpaired) electrons. The van der Waals surface area contributed by atoms with E-state index in [-0.39, 0.29) is 29.1 Å². The fourth-order valence-corrected chi connectivity index (χ4v) is 5.81. The number of likely N-dealkylation sites (tertiary alicyclic amines) is 1. The molecule has 0 unspecified atom stereocenters. The van der Waals surface area contributed by atoms with E-state index in [1.165, 1.54) is 16.0 Å². The van der Waals surface area contributed by atoms with Crippen LogP contribution in [0.2, 0.25) is 0 Å². The summed E-state index contributed by atoms with van der Waals surface area (Å²) in [5, 5.41) is 3.19. The van der Waals surface area contributed by atoms with Crippen molar-refractivity contribution < 1.29 is 14.4 Å².